The molecule has 0 radical (unpaired) electrons. The molecule has 0 bridgehead atoms. The lowest BCUT2D eigenvalue weighted by Gasteiger charge is -2.32. The molecule has 6 nitrogen and oxygen atoms in total. The van der Waals surface area contributed by atoms with Gasteiger partial charge in [-0.05, 0) is 49.9 Å². The average Bonchev–Trinajstić information content (AvgIpc) is 2.73. The molecule has 0 saturated carbocycles. The van der Waals surface area contributed by atoms with Crippen molar-refractivity contribution in [3.8, 4) is 5.75 Å². The fourth-order valence-corrected chi connectivity index (χ4v) is 3.16. The number of para-hydroxylation sites is 1. The van der Waals surface area contributed by atoms with E-state index in [1.165, 1.54) is 0 Å². The van der Waals surface area contributed by atoms with E-state index in [0.717, 1.165) is 12.8 Å². The Morgan fingerprint density at radius 3 is 2.48 bits per heavy atom. The van der Waals surface area contributed by atoms with Crippen molar-refractivity contribution in [2.24, 2.45) is 5.92 Å². The zero-order valence-electron chi connectivity index (χ0n) is 15.5. The minimum Gasteiger partial charge on any atom is -0.481 e. The number of hydrogen-bond acceptors (Lipinski definition) is 4. The van der Waals surface area contributed by atoms with Crippen molar-refractivity contribution in [2.75, 3.05) is 19.6 Å². The second-order valence-corrected chi connectivity index (χ2v) is 6.79. The van der Waals surface area contributed by atoms with Crippen LogP contribution in [0.1, 0.15) is 30.1 Å². The summed E-state index contributed by atoms with van der Waals surface area (Å²) in [6.45, 7) is 3.77. The molecule has 1 aliphatic heterocycles. The predicted molar refractivity (Wildman–Crippen MR) is 102 cm³/mol. The normalized spacial score (nSPS) is 15.8. The average molecular weight is 367 g/mol. The van der Waals surface area contributed by atoms with Gasteiger partial charge in [-0.3, -0.25) is 14.6 Å². The van der Waals surface area contributed by atoms with Crippen molar-refractivity contribution in [1.29, 1.82) is 0 Å². The van der Waals surface area contributed by atoms with Gasteiger partial charge in [0.05, 0.1) is 0 Å². The van der Waals surface area contributed by atoms with Gasteiger partial charge in [-0.1, -0.05) is 18.2 Å². The third-order valence-corrected chi connectivity index (χ3v) is 4.82. The van der Waals surface area contributed by atoms with Crippen LogP contribution in [0.5, 0.6) is 5.75 Å². The molecule has 0 spiro atoms. The number of carbonyl (C=O) groups is 2. The molecule has 0 aliphatic carbocycles. The van der Waals surface area contributed by atoms with E-state index in [1.54, 1.807) is 31.5 Å². The van der Waals surface area contributed by atoms with Gasteiger partial charge in [0.2, 0.25) is 0 Å². The van der Waals surface area contributed by atoms with Crippen LogP contribution in [0.15, 0.2) is 54.9 Å². The molecule has 1 N–H and O–H groups in total. The highest BCUT2D eigenvalue weighted by Crippen LogP contribution is 2.18. The Labute approximate surface area is 159 Å². The van der Waals surface area contributed by atoms with Crippen LogP contribution in [0, 0.1) is 5.92 Å². The van der Waals surface area contributed by atoms with Crippen LogP contribution >= 0.6 is 0 Å². The van der Waals surface area contributed by atoms with Crippen LogP contribution in [0.2, 0.25) is 0 Å². The summed E-state index contributed by atoms with van der Waals surface area (Å²) in [5, 5.41) is 2.97. The van der Waals surface area contributed by atoms with Gasteiger partial charge in [0.25, 0.3) is 11.8 Å². The van der Waals surface area contributed by atoms with Crippen molar-refractivity contribution in [3.63, 3.8) is 0 Å². The van der Waals surface area contributed by atoms with Crippen LogP contribution in [0.3, 0.4) is 0 Å². The Balaban J connectivity index is 1.40. The van der Waals surface area contributed by atoms with Gasteiger partial charge < -0.3 is 15.0 Å². The smallest absolute Gasteiger partial charge is 0.260 e. The molecule has 1 saturated heterocycles. The minimum atomic E-state index is -0.541. The first-order valence-electron chi connectivity index (χ1n) is 9.32. The van der Waals surface area contributed by atoms with Crippen molar-refractivity contribution in [3.05, 3.63) is 60.4 Å². The molecule has 3 rings (SSSR count). The molecule has 1 aromatic heterocycles. The summed E-state index contributed by atoms with van der Waals surface area (Å²) in [4.78, 5) is 30.5. The molecule has 27 heavy (non-hydrogen) atoms. The largest absolute Gasteiger partial charge is 0.481 e. The maximum Gasteiger partial charge on any atom is 0.260 e. The predicted octanol–water partition coefficient (Wildman–Crippen LogP) is 2.52. The van der Waals surface area contributed by atoms with E-state index in [2.05, 4.69) is 10.3 Å². The number of rotatable bonds is 6. The number of hydrogen-bond donors (Lipinski definition) is 1. The lowest BCUT2D eigenvalue weighted by atomic mass is 9.96. The Hall–Kier alpha value is -2.89. The first kappa shape index (κ1) is 18.9. The third-order valence-electron chi connectivity index (χ3n) is 4.82. The fraction of sp³-hybridized carbons (Fsp3) is 0.381. The standard InChI is InChI=1S/C21H25N3O3/c1-16(27-19-5-3-2-4-6-19)20(25)23-15-17-9-13-24(14-10-17)21(26)18-7-11-22-12-8-18/h2-8,11-12,16-17H,9-10,13-15H2,1H3,(H,23,25)/t16-/m1/s1. The maximum atomic E-state index is 12.4. The van der Waals surface area contributed by atoms with Gasteiger partial charge in [-0.2, -0.15) is 0 Å². The molecule has 1 atom stereocenters. The minimum absolute atomic E-state index is 0.0461. The molecule has 1 aromatic carbocycles. The molecular weight excluding hydrogens is 342 g/mol. The quantitative estimate of drug-likeness (QED) is 0.852. The topological polar surface area (TPSA) is 71.5 Å². The van der Waals surface area contributed by atoms with Gasteiger partial charge >= 0.3 is 0 Å². The Morgan fingerprint density at radius 1 is 1.15 bits per heavy atom. The number of piperidine rings is 1. The number of amides is 2. The number of aromatic nitrogens is 1. The lowest BCUT2D eigenvalue weighted by Crippen LogP contribution is -2.43. The van der Waals surface area contributed by atoms with Gasteiger partial charge in [0.1, 0.15) is 5.75 Å². The molecule has 1 aliphatic rings. The molecule has 2 amide bonds. The number of nitrogens with one attached hydrogen (secondary N) is 1. The summed E-state index contributed by atoms with van der Waals surface area (Å²) in [6, 6.07) is 12.8. The third kappa shape index (κ3) is 5.29. The molecule has 1 fully saturated rings. The van der Waals surface area contributed by atoms with Crippen molar-refractivity contribution < 1.29 is 14.3 Å². The number of nitrogens with zero attached hydrogens (tertiary/aromatic N) is 2. The zero-order valence-corrected chi connectivity index (χ0v) is 15.5. The number of likely N-dealkylation sites (tertiary alicyclic amines) is 1. The van der Waals surface area contributed by atoms with Gasteiger partial charge in [-0.15, -0.1) is 0 Å². The summed E-state index contributed by atoms with van der Waals surface area (Å²) < 4.78 is 5.64. The summed E-state index contributed by atoms with van der Waals surface area (Å²) in [7, 11) is 0. The fourth-order valence-electron chi connectivity index (χ4n) is 3.16. The summed E-state index contributed by atoms with van der Waals surface area (Å²) in [5.74, 6) is 0.987. The monoisotopic (exact) mass is 367 g/mol. The van der Waals surface area contributed by atoms with Crippen LogP contribution in [-0.2, 0) is 4.79 Å². The molecule has 0 unspecified atom stereocenters. The first-order chi connectivity index (χ1) is 13.1. The van der Waals surface area contributed by atoms with Crippen LogP contribution < -0.4 is 10.1 Å². The number of pyridine rings is 1. The Bertz CT molecular complexity index is 744. The van der Waals surface area contributed by atoms with E-state index in [9.17, 15) is 9.59 Å². The molecule has 6 heteroatoms. The van der Waals surface area contributed by atoms with Crippen LogP contribution in [0.25, 0.3) is 0 Å². The summed E-state index contributed by atoms with van der Waals surface area (Å²) >= 11 is 0. The summed E-state index contributed by atoms with van der Waals surface area (Å²) in [6.07, 6.45) is 4.49. The van der Waals surface area contributed by atoms with Gasteiger partial charge in [0.15, 0.2) is 6.10 Å². The highest BCUT2D eigenvalue weighted by atomic mass is 16.5. The zero-order chi connectivity index (χ0) is 19.1. The Morgan fingerprint density at radius 2 is 1.81 bits per heavy atom. The SMILES string of the molecule is C[C@@H](Oc1ccccc1)C(=O)NCC1CCN(C(=O)c2ccncc2)CC1. The van der Waals surface area contributed by atoms with E-state index >= 15 is 0 Å². The highest BCUT2D eigenvalue weighted by molar-refractivity contribution is 5.94. The van der Waals surface area contributed by atoms with Crippen molar-refractivity contribution >= 4 is 11.8 Å². The number of benzene rings is 1. The maximum absolute atomic E-state index is 12.4. The molecule has 2 heterocycles. The Kier molecular flexibility index (Phi) is 6.41. The van der Waals surface area contributed by atoms with Crippen LogP contribution in [-0.4, -0.2) is 47.4 Å². The number of carbonyl (C=O) groups excluding carboxylic acids is 2. The van der Waals surface area contributed by atoms with Crippen molar-refractivity contribution in [1.82, 2.24) is 15.2 Å². The molecular formula is C21H25N3O3. The molecule has 142 valence electrons. The van der Waals surface area contributed by atoms with Gasteiger partial charge in [-0.25, -0.2) is 0 Å². The molecule has 2 aromatic rings. The lowest BCUT2D eigenvalue weighted by molar-refractivity contribution is -0.127. The number of ether oxygens (including phenoxy) is 1. The van der Waals surface area contributed by atoms with Gasteiger partial charge in [0, 0.05) is 37.6 Å². The van der Waals surface area contributed by atoms with E-state index in [0.29, 0.717) is 36.9 Å². The van der Waals surface area contributed by atoms with E-state index in [1.807, 2.05) is 35.2 Å². The second kappa shape index (κ2) is 9.16. The van der Waals surface area contributed by atoms with Crippen LogP contribution in [0.4, 0.5) is 0 Å². The van der Waals surface area contributed by atoms with Crippen molar-refractivity contribution in [2.45, 2.75) is 25.9 Å². The first-order valence-corrected chi connectivity index (χ1v) is 9.32. The second-order valence-electron chi connectivity index (χ2n) is 6.79. The highest BCUT2D eigenvalue weighted by Gasteiger charge is 2.24. The van der Waals surface area contributed by atoms with E-state index < -0.39 is 6.10 Å². The van der Waals surface area contributed by atoms with E-state index in [4.69, 9.17) is 4.74 Å². The summed E-state index contributed by atoms with van der Waals surface area (Å²) in [5.41, 5.74) is 0.670. The van der Waals surface area contributed by atoms with E-state index in [-0.39, 0.29) is 11.8 Å².